The largest absolute Gasteiger partial charge is 0.496 e. The van der Waals surface area contributed by atoms with Gasteiger partial charge in [-0.1, -0.05) is 6.92 Å². The molecule has 0 aromatic heterocycles. The lowest BCUT2D eigenvalue weighted by Crippen LogP contribution is -2.28. The van der Waals surface area contributed by atoms with Crippen LogP contribution in [-0.4, -0.2) is 35.0 Å². The molecule has 2 N–H and O–H groups in total. The van der Waals surface area contributed by atoms with Crippen molar-refractivity contribution in [2.45, 2.75) is 24.8 Å². The van der Waals surface area contributed by atoms with Gasteiger partial charge in [-0.25, -0.2) is 21.9 Å². The van der Waals surface area contributed by atoms with Crippen molar-refractivity contribution in [1.82, 2.24) is 10.0 Å². The lowest BCUT2D eigenvalue weighted by Gasteiger charge is -2.12. The Bertz CT molecular complexity index is 536. The quantitative estimate of drug-likeness (QED) is 0.761. The Labute approximate surface area is 117 Å². The average molecular weight is 308 g/mol. The highest BCUT2D eigenvalue weighted by Crippen LogP contribution is 2.22. The summed E-state index contributed by atoms with van der Waals surface area (Å²) in [6.07, 6.45) is -2.73. The fourth-order valence-corrected chi connectivity index (χ4v) is 2.63. The summed E-state index contributed by atoms with van der Waals surface area (Å²) in [6.45, 7) is 2.15. The first-order chi connectivity index (χ1) is 9.40. The van der Waals surface area contributed by atoms with E-state index >= 15 is 0 Å². The van der Waals surface area contributed by atoms with E-state index in [4.69, 9.17) is 4.74 Å². The maximum Gasteiger partial charge on any atom is 0.251 e. The molecule has 0 atom stereocenters. The molecule has 0 bridgehead atoms. The third kappa shape index (κ3) is 4.69. The Balaban J connectivity index is 3.00. The molecular formula is C12H18F2N2O3S. The second-order valence-electron chi connectivity index (χ2n) is 4.00. The van der Waals surface area contributed by atoms with Crippen LogP contribution in [0.4, 0.5) is 8.78 Å². The molecule has 0 radical (unpaired) electrons. The van der Waals surface area contributed by atoms with Gasteiger partial charge in [-0.15, -0.1) is 0 Å². The van der Waals surface area contributed by atoms with Gasteiger partial charge in [0.25, 0.3) is 6.43 Å². The number of ether oxygens (including phenoxy) is 1. The van der Waals surface area contributed by atoms with Gasteiger partial charge in [0.15, 0.2) is 0 Å². The van der Waals surface area contributed by atoms with Crippen LogP contribution in [0.1, 0.15) is 12.5 Å². The number of benzene rings is 1. The molecule has 1 rings (SSSR count). The monoisotopic (exact) mass is 308 g/mol. The summed E-state index contributed by atoms with van der Waals surface area (Å²) >= 11 is 0. The Morgan fingerprint density at radius 2 is 2.05 bits per heavy atom. The van der Waals surface area contributed by atoms with E-state index in [0.717, 1.165) is 0 Å². The summed E-state index contributed by atoms with van der Waals surface area (Å²) in [5, 5.41) is 3.05. The number of rotatable bonds is 8. The molecule has 20 heavy (non-hydrogen) atoms. The Morgan fingerprint density at radius 1 is 1.35 bits per heavy atom. The van der Waals surface area contributed by atoms with E-state index in [1.165, 1.54) is 25.3 Å². The molecule has 0 saturated heterocycles. The zero-order valence-corrected chi connectivity index (χ0v) is 12.1. The maximum atomic E-state index is 12.1. The molecule has 114 valence electrons. The predicted octanol–water partition coefficient (Wildman–Crippen LogP) is 1.35. The van der Waals surface area contributed by atoms with Crippen molar-refractivity contribution < 1.29 is 21.9 Å². The third-order valence-corrected chi connectivity index (χ3v) is 3.98. The third-order valence-electron chi connectivity index (χ3n) is 2.56. The highest BCUT2D eigenvalue weighted by Gasteiger charge is 2.18. The predicted molar refractivity (Wildman–Crippen MR) is 71.6 cm³/mol. The molecule has 0 aliphatic rings. The van der Waals surface area contributed by atoms with Crippen LogP contribution in [0.3, 0.4) is 0 Å². The SMILES string of the molecule is CCNCc1cc(S(=O)(=O)NCC(F)F)ccc1OC. The van der Waals surface area contributed by atoms with Gasteiger partial charge in [-0.2, -0.15) is 0 Å². The van der Waals surface area contributed by atoms with Crippen molar-refractivity contribution in [2.75, 3.05) is 20.2 Å². The van der Waals surface area contributed by atoms with Crippen LogP contribution < -0.4 is 14.8 Å². The van der Waals surface area contributed by atoms with E-state index < -0.39 is 23.0 Å². The molecule has 0 aliphatic heterocycles. The molecule has 0 heterocycles. The summed E-state index contributed by atoms with van der Waals surface area (Å²) < 4.78 is 54.9. The first kappa shape index (κ1) is 16.8. The summed E-state index contributed by atoms with van der Waals surface area (Å²) in [5.41, 5.74) is 0.647. The second-order valence-corrected chi connectivity index (χ2v) is 5.76. The average Bonchev–Trinajstić information content (AvgIpc) is 2.42. The van der Waals surface area contributed by atoms with E-state index in [2.05, 4.69) is 5.32 Å². The first-order valence-corrected chi connectivity index (χ1v) is 7.54. The smallest absolute Gasteiger partial charge is 0.251 e. The summed E-state index contributed by atoms with van der Waals surface area (Å²) in [4.78, 5) is -0.0631. The molecule has 0 unspecified atom stereocenters. The van der Waals surface area contributed by atoms with Crippen LogP contribution in [0, 0.1) is 0 Å². The lowest BCUT2D eigenvalue weighted by molar-refractivity contribution is 0.153. The minimum Gasteiger partial charge on any atom is -0.496 e. The highest BCUT2D eigenvalue weighted by atomic mass is 32.2. The fourth-order valence-electron chi connectivity index (χ4n) is 1.58. The maximum absolute atomic E-state index is 12.1. The molecule has 1 aromatic carbocycles. The molecule has 0 amide bonds. The van der Waals surface area contributed by atoms with E-state index in [1.54, 1.807) is 0 Å². The molecule has 1 aromatic rings. The fraction of sp³-hybridized carbons (Fsp3) is 0.500. The molecule has 0 saturated carbocycles. The molecule has 8 heteroatoms. The van der Waals surface area contributed by atoms with Gasteiger partial charge < -0.3 is 10.1 Å². The molecule has 5 nitrogen and oxygen atoms in total. The number of sulfonamides is 1. The number of methoxy groups -OCH3 is 1. The van der Waals surface area contributed by atoms with Crippen molar-refractivity contribution in [1.29, 1.82) is 0 Å². The minimum atomic E-state index is -3.94. The molecular weight excluding hydrogens is 290 g/mol. The summed E-state index contributed by atoms with van der Waals surface area (Å²) in [5.74, 6) is 0.541. The first-order valence-electron chi connectivity index (χ1n) is 6.06. The number of halogens is 2. The summed E-state index contributed by atoms with van der Waals surface area (Å²) in [7, 11) is -2.46. The lowest BCUT2D eigenvalue weighted by atomic mass is 10.2. The van der Waals surface area contributed by atoms with Gasteiger partial charge in [0.1, 0.15) is 5.75 Å². The van der Waals surface area contributed by atoms with Gasteiger partial charge in [0.2, 0.25) is 10.0 Å². The van der Waals surface area contributed by atoms with Gasteiger partial charge in [-0.3, -0.25) is 0 Å². The van der Waals surface area contributed by atoms with Crippen molar-refractivity contribution >= 4 is 10.0 Å². The van der Waals surface area contributed by atoms with Gasteiger partial charge in [-0.05, 0) is 24.7 Å². The Kier molecular flexibility index (Phi) is 6.31. The van der Waals surface area contributed by atoms with Crippen LogP contribution in [0.2, 0.25) is 0 Å². The normalized spacial score (nSPS) is 11.8. The number of hydrogen-bond acceptors (Lipinski definition) is 4. The van der Waals surface area contributed by atoms with Crippen molar-refractivity contribution in [2.24, 2.45) is 0 Å². The van der Waals surface area contributed by atoms with Crippen LogP contribution in [-0.2, 0) is 16.6 Å². The van der Waals surface area contributed by atoms with Crippen LogP contribution >= 0.6 is 0 Å². The number of nitrogens with one attached hydrogen (secondary N) is 2. The van der Waals surface area contributed by atoms with E-state index in [9.17, 15) is 17.2 Å². The zero-order valence-electron chi connectivity index (χ0n) is 11.3. The standard InChI is InChI=1S/C12H18F2N2O3S/c1-3-15-7-9-6-10(4-5-11(9)19-2)20(17,18)16-8-12(13)14/h4-6,12,15-16H,3,7-8H2,1-2H3. The Hall–Kier alpha value is -1.25. The minimum absolute atomic E-state index is 0.0631. The van der Waals surface area contributed by atoms with Gasteiger partial charge >= 0.3 is 0 Å². The number of alkyl halides is 2. The topological polar surface area (TPSA) is 67.4 Å². The van der Waals surface area contributed by atoms with Crippen LogP contribution in [0.15, 0.2) is 23.1 Å². The van der Waals surface area contributed by atoms with Crippen molar-refractivity contribution in [3.63, 3.8) is 0 Å². The van der Waals surface area contributed by atoms with E-state index in [-0.39, 0.29) is 4.90 Å². The van der Waals surface area contributed by atoms with Crippen LogP contribution in [0.5, 0.6) is 5.75 Å². The summed E-state index contributed by atoms with van der Waals surface area (Å²) in [6, 6.07) is 4.24. The van der Waals surface area contributed by atoms with Crippen molar-refractivity contribution in [3.05, 3.63) is 23.8 Å². The highest BCUT2D eigenvalue weighted by molar-refractivity contribution is 7.89. The zero-order chi connectivity index (χ0) is 15.2. The van der Waals surface area contributed by atoms with Crippen molar-refractivity contribution in [3.8, 4) is 5.75 Å². The van der Waals surface area contributed by atoms with Crippen LogP contribution in [0.25, 0.3) is 0 Å². The molecule has 0 spiro atoms. The second kappa shape index (κ2) is 7.51. The van der Waals surface area contributed by atoms with Gasteiger partial charge in [0, 0.05) is 12.1 Å². The number of hydrogen-bond donors (Lipinski definition) is 2. The van der Waals surface area contributed by atoms with E-state index in [1.807, 2.05) is 11.6 Å². The molecule has 0 fully saturated rings. The molecule has 0 aliphatic carbocycles. The Morgan fingerprint density at radius 3 is 2.60 bits per heavy atom. The van der Waals surface area contributed by atoms with E-state index in [0.29, 0.717) is 24.4 Å². The van der Waals surface area contributed by atoms with Gasteiger partial charge in [0.05, 0.1) is 18.6 Å².